The van der Waals surface area contributed by atoms with E-state index in [4.69, 9.17) is 18.9 Å². The zero-order valence-electron chi connectivity index (χ0n) is 26.7. The number of carbonyl (C=O) groups excluding carboxylic acids is 1. The maximum atomic E-state index is 12.8. The predicted octanol–water partition coefficient (Wildman–Crippen LogP) is 6.78. The van der Waals surface area contributed by atoms with Crippen LogP contribution >= 0.6 is 0 Å². The first kappa shape index (κ1) is 31.0. The normalized spacial score (nSPS) is 16.1. The Labute approximate surface area is 278 Å². The predicted molar refractivity (Wildman–Crippen MR) is 181 cm³/mol. The molecular formula is C38H35N5O5. The number of aromatic nitrogens is 4. The van der Waals surface area contributed by atoms with Gasteiger partial charge in [-0.1, -0.05) is 72.8 Å². The number of nitrogens with one attached hydrogen (secondary N) is 1. The van der Waals surface area contributed by atoms with Crippen LogP contribution in [0.4, 0.5) is 5.82 Å². The second-order valence-corrected chi connectivity index (χ2v) is 11.5. The fraction of sp³-hybridized carbons (Fsp3) is 0.211. The number of nitrogens with zero attached hydrogens (tertiary/aromatic N) is 4. The summed E-state index contributed by atoms with van der Waals surface area (Å²) in [6, 6.07) is 35.1. The average Bonchev–Trinajstić information content (AvgIpc) is 3.81. The van der Waals surface area contributed by atoms with Crippen LogP contribution in [0.1, 0.15) is 46.1 Å². The topological polar surface area (TPSA) is 110 Å². The summed E-state index contributed by atoms with van der Waals surface area (Å²) in [5, 5.41) is 2.87. The van der Waals surface area contributed by atoms with Gasteiger partial charge in [0, 0.05) is 5.56 Å². The summed E-state index contributed by atoms with van der Waals surface area (Å²) < 4.78 is 26.5. The van der Waals surface area contributed by atoms with Crippen molar-refractivity contribution in [3.05, 3.63) is 144 Å². The largest absolute Gasteiger partial charge is 0.497 e. The third kappa shape index (κ3) is 5.99. The van der Waals surface area contributed by atoms with Gasteiger partial charge in [-0.3, -0.25) is 9.36 Å². The zero-order valence-corrected chi connectivity index (χ0v) is 26.7. The first-order chi connectivity index (χ1) is 23.6. The van der Waals surface area contributed by atoms with E-state index in [0.29, 0.717) is 29.2 Å². The van der Waals surface area contributed by atoms with Gasteiger partial charge in [0.05, 0.1) is 33.3 Å². The number of ether oxygens (including phenoxy) is 4. The minimum atomic E-state index is -0.942. The molecule has 2 atom stereocenters. The summed E-state index contributed by atoms with van der Waals surface area (Å²) in [6.45, 7) is 0.323. The molecule has 4 aromatic carbocycles. The van der Waals surface area contributed by atoms with E-state index < -0.39 is 5.60 Å². The van der Waals surface area contributed by atoms with Gasteiger partial charge in [0.2, 0.25) is 0 Å². The van der Waals surface area contributed by atoms with Crippen molar-refractivity contribution in [1.29, 1.82) is 0 Å². The Bertz CT molecular complexity index is 1930. The van der Waals surface area contributed by atoms with Crippen molar-refractivity contribution in [2.75, 3.05) is 26.1 Å². The van der Waals surface area contributed by atoms with Crippen LogP contribution in [0.25, 0.3) is 11.2 Å². The minimum absolute atomic E-state index is 0.203. The number of hydrogen-bond acceptors (Lipinski definition) is 8. The summed E-state index contributed by atoms with van der Waals surface area (Å²) in [5.41, 5.74) is 3.55. The molecule has 0 saturated carbocycles. The number of carbonyl (C=O) groups is 1. The van der Waals surface area contributed by atoms with E-state index in [1.165, 1.54) is 6.33 Å². The van der Waals surface area contributed by atoms with Gasteiger partial charge in [-0.2, -0.15) is 0 Å². The number of anilines is 1. The minimum Gasteiger partial charge on any atom is -0.497 e. The second-order valence-electron chi connectivity index (χ2n) is 11.5. The van der Waals surface area contributed by atoms with Crippen LogP contribution in [0.5, 0.6) is 11.5 Å². The molecule has 0 unspecified atom stereocenters. The Hall–Kier alpha value is -5.58. The number of fused-ring (bicyclic) bond motifs is 1. The highest BCUT2D eigenvalue weighted by Crippen LogP contribution is 2.43. The Morgan fingerprint density at radius 2 is 1.40 bits per heavy atom. The molecule has 0 aliphatic carbocycles. The molecule has 1 aliphatic heterocycles. The first-order valence-electron chi connectivity index (χ1n) is 15.8. The van der Waals surface area contributed by atoms with Crippen molar-refractivity contribution < 1.29 is 23.7 Å². The van der Waals surface area contributed by atoms with Crippen molar-refractivity contribution in [3.63, 3.8) is 0 Å². The van der Waals surface area contributed by atoms with Gasteiger partial charge in [-0.05, 0) is 65.9 Å². The van der Waals surface area contributed by atoms with E-state index in [0.717, 1.165) is 41.0 Å². The fourth-order valence-electron chi connectivity index (χ4n) is 6.23. The maximum absolute atomic E-state index is 12.8. The van der Waals surface area contributed by atoms with Crippen molar-refractivity contribution in [3.8, 4) is 11.5 Å². The molecule has 242 valence electrons. The van der Waals surface area contributed by atoms with Gasteiger partial charge in [0.1, 0.15) is 29.7 Å². The Morgan fingerprint density at radius 1 is 0.792 bits per heavy atom. The van der Waals surface area contributed by atoms with Crippen LogP contribution in [-0.4, -0.2) is 52.4 Å². The highest BCUT2D eigenvalue weighted by molar-refractivity contribution is 6.06. The van der Waals surface area contributed by atoms with Gasteiger partial charge in [0.15, 0.2) is 17.0 Å². The second kappa shape index (κ2) is 13.6. The van der Waals surface area contributed by atoms with Crippen LogP contribution < -0.4 is 14.8 Å². The lowest BCUT2D eigenvalue weighted by Gasteiger charge is -2.37. The number of amides is 1. The SMILES string of the molecule is COc1ccc(C(OC[C@H]2CC[C@H](n3cnc4c(NC(=O)c5ccccc5)ncnc43)O2)(c2ccccc2)c2ccc(OC)cc2)cc1. The van der Waals surface area contributed by atoms with Crippen molar-refractivity contribution in [2.45, 2.75) is 30.8 Å². The number of rotatable bonds is 11. The molecule has 2 aromatic heterocycles. The molecule has 0 spiro atoms. The molecule has 1 saturated heterocycles. The molecule has 48 heavy (non-hydrogen) atoms. The van der Waals surface area contributed by atoms with Gasteiger partial charge >= 0.3 is 0 Å². The Balaban J connectivity index is 1.15. The lowest BCUT2D eigenvalue weighted by molar-refractivity contribution is -0.0756. The molecule has 1 amide bonds. The molecule has 10 nitrogen and oxygen atoms in total. The lowest BCUT2D eigenvalue weighted by Crippen LogP contribution is -2.35. The molecule has 0 radical (unpaired) electrons. The van der Waals surface area contributed by atoms with Crippen LogP contribution in [0.3, 0.4) is 0 Å². The van der Waals surface area contributed by atoms with E-state index >= 15 is 0 Å². The maximum Gasteiger partial charge on any atom is 0.256 e. The highest BCUT2D eigenvalue weighted by Gasteiger charge is 2.40. The van der Waals surface area contributed by atoms with Crippen molar-refractivity contribution in [2.24, 2.45) is 0 Å². The van der Waals surface area contributed by atoms with Gasteiger partial charge in [-0.25, -0.2) is 15.0 Å². The molecule has 7 rings (SSSR count). The summed E-state index contributed by atoms with van der Waals surface area (Å²) in [7, 11) is 3.31. The van der Waals surface area contributed by atoms with E-state index in [-0.39, 0.29) is 18.2 Å². The van der Waals surface area contributed by atoms with E-state index in [2.05, 4.69) is 32.4 Å². The molecule has 3 heterocycles. The summed E-state index contributed by atoms with van der Waals surface area (Å²) >= 11 is 0. The number of methoxy groups -OCH3 is 2. The van der Waals surface area contributed by atoms with Crippen LogP contribution in [-0.2, 0) is 15.1 Å². The summed E-state index contributed by atoms with van der Waals surface area (Å²) in [5.74, 6) is 1.60. The third-order valence-corrected chi connectivity index (χ3v) is 8.68. The molecular weight excluding hydrogens is 606 g/mol. The first-order valence-corrected chi connectivity index (χ1v) is 15.8. The van der Waals surface area contributed by atoms with Crippen LogP contribution in [0, 0.1) is 0 Å². The third-order valence-electron chi connectivity index (χ3n) is 8.68. The average molecular weight is 642 g/mol. The molecule has 1 fully saturated rings. The zero-order chi connectivity index (χ0) is 32.9. The molecule has 0 bridgehead atoms. The van der Waals surface area contributed by atoms with Crippen LogP contribution in [0.15, 0.2) is 122 Å². The van der Waals surface area contributed by atoms with E-state index in [1.54, 1.807) is 32.7 Å². The standard InChI is InChI=1S/C38H35N5O5/c1-45-30-17-13-28(14-18-30)38(27-11-7-4-8-12-27,29-15-19-31(46-2)20-16-29)47-23-32-21-22-33(48-32)43-25-41-34-35(39-24-40-36(34)43)42-37(44)26-9-5-3-6-10-26/h3-20,24-25,32-33H,21-23H2,1-2H3,(H,39,40,42,44)/t32-,33-/m1/s1. The number of imidazole rings is 1. The van der Waals surface area contributed by atoms with Crippen molar-refractivity contribution in [1.82, 2.24) is 19.5 Å². The lowest BCUT2D eigenvalue weighted by atomic mass is 9.80. The molecule has 1 aliphatic rings. The quantitative estimate of drug-likeness (QED) is 0.154. The summed E-state index contributed by atoms with van der Waals surface area (Å²) in [6.07, 6.45) is 4.10. The molecule has 10 heteroatoms. The summed E-state index contributed by atoms with van der Waals surface area (Å²) in [4.78, 5) is 26.2. The Morgan fingerprint density at radius 3 is 2.02 bits per heavy atom. The smallest absolute Gasteiger partial charge is 0.256 e. The molecule has 1 N–H and O–H groups in total. The monoisotopic (exact) mass is 641 g/mol. The highest BCUT2D eigenvalue weighted by atomic mass is 16.6. The van der Waals surface area contributed by atoms with Crippen molar-refractivity contribution >= 4 is 22.9 Å². The fourth-order valence-corrected chi connectivity index (χ4v) is 6.23. The van der Waals surface area contributed by atoms with Gasteiger partial charge < -0.3 is 24.3 Å². The van der Waals surface area contributed by atoms with Gasteiger partial charge in [-0.15, -0.1) is 0 Å². The van der Waals surface area contributed by atoms with Crippen LogP contribution in [0.2, 0.25) is 0 Å². The van der Waals surface area contributed by atoms with E-state index in [1.807, 2.05) is 89.5 Å². The van der Waals surface area contributed by atoms with Gasteiger partial charge in [0.25, 0.3) is 5.91 Å². The van der Waals surface area contributed by atoms with E-state index in [9.17, 15) is 4.79 Å². The number of hydrogen-bond donors (Lipinski definition) is 1. The number of benzene rings is 4. The molecule has 6 aromatic rings. The Kier molecular flexibility index (Phi) is 8.82.